The van der Waals surface area contributed by atoms with E-state index in [-0.39, 0.29) is 12.5 Å². The van der Waals surface area contributed by atoms with Crippen LogP contribution in [0.1, 0.15) is 10.5 Å². The number of nitrogens with zero attached hydrogens (tertiary/aromatic N) is 1. The van der Waals surface area contributed by atoms with E-state index in [9.17, 15) is 9.59 Å². The van der Waals surface area contributed by atoms with Crippen LogP contribution >= 0.6 is 22.6 Å². The molecule has 1 aromatic carbocycles. The maximum absolute atomic E-state index is 11.7. The fourth-order valence-corrected chi connectivity index (χ4v) is 2.18. The van der Waals surface area contributed by atoms with Crippen LogP contribution < -0.4 is 5.32 Å². The van der Waals surface area contributed by atoms with Crippen molar-refractivity contribution >= 4 is 40.2 Å². The zero-order chi connectivity index (χ0) is 14.5. The number of anilines is 1. The number of halogens is 1. The summed E-state index contributed by atoms with van der Waals surface area (Å²) >= 11 is 2.16. The van der Waals surface area contributed by atoms with E-state index < -0.39 is 5.97 Å². The molecule has 0 aliphatic heterocycles. The minimum atomic E-state index is -0.518. The van der Waals surface area contributed by atoms with Crippen molar-refractivity contribution in [1.29, 1.82) is 0 Å². The van der Waals surface area contributed by atoms with Gasteiger partial charge in [-0.05, 0) is 52.9 Å². The Kier molecular flexibility index (Phi) is 4.78. The van der Waals surface area contributed by atoms with Crippen molar-refractivity contribution in [1.82, 2.24) is 4.57 Å². The van der Waals surface area contributed by atoms with Gasteiger partial charge in [-0.15, -0.1) is 0 Å². The largest absolute Gasteiger partial charge is 0.451 e. The number of aromatic nitrogens is 1. The van der Waals surface area contributed by atoms with E-state index in [4.69, 9.17) is 4.74 Å². The van der Waals surface area contributed by atoms with Crippen LogP contribution in [0.25, 0.3) is 0 Å². The molecule has 0 unspecified atom stereocenters. The van der Waals surface area contributed by atoms with E-state index in [1.807, 2.05) is 18.2 Å². The minimum Gasteiger partial charge on any atom is -0.451 e. The third kappa shape index (κ3) is 3.83. The normalized spacial score (nSPS) is 10.1. The molecule has 6 heteroatoms. The molecule has 1 amide bonds. The van der Waals surface area contributed by atoms with Gasteiger partial charge in [0, 0.05) is 22.5 Å². The summed E-state index contributed by atoms with van der Waals surface area (Å²) in [4.78, 5) is 23.4. The highest BCUT2D eigenvalue weighted by molar-refractivity contribution is 14.1. The number of rotatable bonds is 4. The maximum Gasteiger partial charge on any atom is 0.355 e. The molecule has 1 N–H and O–H groups in total. The first-order chi connectivity index (χ1) is 9.56. The summed E-state index contributed by atoms with van der Waals surface area (Å²) in [5.74, 6) is -0.884. The minimum absolute atomic E-state index is 0.310. The summed E-state index contributed by atoms with van der Waals surface area (Å²) in [7, 11) is 1.74. The van der Waals surface area contributed by atoms with Gasteiger partial charge in [0.05, 0.1) is 0 Å². The molecule has 0 saturated carbocycles. The maximum atomic E-state index is 11.7. The SMILES string of the molecule is Cn1cccc1C(=O)OCC(=O)Nc1cccc(I)c1. The number of nitrogens with one attached hydrogen (secondary N) is 1. The number of aryl methyl sites for hydroxylation is 1. The van der Waals surface area contributed by atoms with Crippen LogP contribution in [0.4, 0.5) is 5.69 Å². The van der Waals surface area contributed by atoms with Gasteiger partial charge in [-0.1, -0.05) is 6.07 Å². The molecule has 0 saturated heterocycles. The van der Waals surface area contributed by atoms with Crippen molar-refractivity contribution in [2.45, 2.75) is 0 Å². The van der Waals surface area contributed by atoms with Gasteiger partial charge in [-0.25, -0.2) is 4.79 Å². The smallest absolute Gasteiger partial charge is 0.355 e. The Balaban J connectivity index is 1.87. The molecule has 2 aromatic rings. The van der Waals surface area contributed by atoms with Crippen LogP contribution in [0, 0.1) is 3.57 Å². The molecule has 0 spiro atoms. The lowest BCUT2D eigenvalue weighted by Gasteiger charge is -2.07. The Bertz CT molecular complexity index is 637. The lowest BCUT2D eigenvalue weighted by Crippen LogP contribution is -2.21. The Hall–Kier alpha value is -1.83. The molecule has 0 fully saturated rings. The number of esters is 1. The van der Waals surface area contributed by atoms with E-state index in [0.717, 1.165) is 3.57 Å². The van der Waals surface area contributed by atoms with E-state index in [1.165, 1.54) is 0 Å². The number of hydrogen-bond donors (Lipinski definition) is 1. The molecular weight excluding hydrogens is 371 g/mol. The van der Waals surface area contributed by atoms with Crippen LogP contribution in [0.15, 0.2) is 42.6 Å². The predicted molar refractivity (Wildman–Crippen MR) is 83.5 cm³/mol. The molecule has 1 aromatic heterocycles. The van der Waals surface area contributed by atoms with Gasteiger partial charge in [0.15, 0.2) is 6.61 Å². The van der Waals surface area contributed by atoms with Gasteiger partial charge in [0.1, 0.15) is 5.69 Å². The summed E-state index contributed by atoms with van der Waals surface area (Å²) in [5, 5.41) is 2.67. The molecule has 1 heterocycles. The van der Waals surface area contributed by atoms with Crippen molar-refractivity contribution in [3.8, 4) is 0 Å². The Morgan fingerprint density at radius 3 is 2.75 bits per heavy atom. The second kappa shape index (κ2) is 6.56. The third-order valence-corrected chi connectivity index (χ3v) is 3.27. The first-order valence-electron chi connectivity index (χ1n) is 5.90. The van der Waals surface area contributed by atoms with Crippen molar-refractivity contribution in [3.05, 3.63) is 51.9 Å². The van der Waals surface area contributed by atoms with Crippen molar-refractivity contribution in [3.63, 3.8) is 0 Å². The second-order valence-electron chi connectivity index (χ2n) is 4.14. The molecule has 20 heavy (non-hydrogen) atoms. The third-order valence-electron chi connectivity index (χ3n) is 2.60. The fraction of sp³-hybridized carbons (Fsp3) is 0.143. The van der Waals surface area contributed by atoms with Crippen LogP contribution in [-0.2, 0) is 16.6 Å². The Labute approximate surface area is 130 Å². The quantitative estimate of drug-likeness (QED) is 0.651. The van der Waals surface area contributed by atoms with Crippen LogP contribution in [-0.4, -0.2) is 23.1 Å². The molecule has 0 radical (unpaired) electrons. The summed E-state index contributed by atoms with van der Waals surface area (Å²) < 4.78 is 7.61. The van der Waals surface area contributed by atoms with Gasteiger partial charge >= 0.3 is 5.97 Å². The summed E-state index contributed by atoms with van der Waals surface area (Å²) in [5.41, 5.74) is 1.09. The molecule has 2 rings (SSSR count). The van der Waals surface area contributed by atoms with E-state index in [1.54, 1.807) is 36.0 Å². The second-order valence-corrected chi connectivity index (χ2v) is 5.38. The lowest BCUT2D eigenvalue weighted by atomic mass is 10.3. The van der Waals surface area contributed by atoms with Crippen molar-refractivity contribution in [2.24, 2.45) is 7.05 Å². The highest BCUT2D eigenvalue weighted by atomic mass is 127. The van der Waals surface area contributed by atoms with E-state index in [2.05, 4.69) is 27.9 Å². The summed E-state index contributed by atoms with van der Waals surface area (Å²) in [6.07, 6.45) is 1.74. The average Bonchev–Trinajstić information content (AvgIpc) is 2.82. The fourth-order valence-electron chi connectivity index (χ4n) is 1.64. The molecule has 0 aliphatic rings. The number of carbonyl (C=O) groups is 2. The topological polar surface area (TPSA) is 60.3 Å². The average molecular weight is 384 g/mol. The van der Waals surface area contributed by atoms with E-state index >= 15 is 0 Å². The molecular formula is C14H13IN2O3. The lowest BCUT2D eigenvalue weighted by molar-refractivity contribution is -0.119. The summed E-state index contributed by atoms with van der Waals surface area (Å²) in [6, 6.07) is 10.7. The number of benzene rings is 1. The molecule has 104 valence electrons. The van der Waals surface area contributed by atoms with E-state index in [0.29, 0.717) is 11.4 Å². The van der Waals surface area contributed by atoms with Crippen LogP contribution in [0.3, 0.4) is 0 Å². The predicted octanol–water partition coefficient (Wildman–Crippen LogP) is 2.43. The number of carbonyl (C=O) groups excluding carboxylic acids is 2. The monoisotopic (exact) mass is 384 g/mol. The molecule has 0 bridgehead atoms. The zero-order valence-corrected chi connectivity index (χ0v) is 13.0. The van der Waals surface area contributed by atoms with Gasteiger partial charge in [-0.2, -0.15) is 0 Å². The molecule has 0 aliphatic carbocycles. The van der Waals surface area contributed by atoms with Gasteiger partial charge < -0.3 is 14.6 Å². The summed E-state index contributed by atoms with van der Waals surface area (Å²) in [6.45, 7) is -0.310. The Morgan fingerprint density at radius 1 is 1.30 bits per heavy atom. The van der Waals surface area contributed by atoms with Gasteiger partial charge in [0.2, 0.25) is 0 Å². The van der Waals surface area contributed by atoms with Crippen molar-refractivity contribution < 1.29 is 14.3 Å². The zero-order valence-electron chi connectivity index (χ0n) is 10.8. The molecule has 5 nitrogen and oxygen atoms in total. The standard InChI is InChI=1S/C14H13IN2O3/c1-17-7-3-6-12(17)14(19)20-9-13(18)16-11-5-2-4-10(15)8-11/h2-8H,9H2,1H3,(H,16,18). The van der Waals surface area contributed by atoms with Crippen LogP contribution in [0.5, 0.6) is 0 Å². The van der Waals surface area contributed by atoms with Crippen molar-refractivity contribution in [2.75, 3.05) is 11.9 Å². The highest BCUT2D eigenvalue weighted by Gasteiger charge is 2.12. The highest BCUT2D eigenvalue weighted by Crippen LogP contribution is 2.12. The molecule has 0 atom stereocenters. The number of amides is 1. The first-order valence-corrected chi connectivity index (χ1v) is 6.98. The number of hydrogen-bond acceptors (Lipinski definition) is 3. The van der Waals surface area contributed by atoms with Crippen LogP contribution in [0.2, 0.25) is 0 Å². The Morgan fingerprint density at radius 2 is 2.10 bits per heavy atom. The number of ether oxygens (including phenoxy) is 1. The van der Waals surface area contributed by atoms with Gasteiger partial charge in [0.25, 0.3) is 5.91 Å². The van der Waals surface area contributed by atoms with Gasteiger partial charge in [-0.3, -0.25) is 4.79 Å². The first kappa shape index (κ1) is 14.6.